The molecule has 0 radical (unpaired) electrons. The summed E-state index contributed by atoms with van der Waals surface area (Å²) in [6.07, 6.45) is 1.57. The molecule has 0 heterocycles. The van der Waals surface area contributed by atoms with Gasteiger partial charge in [-0.05, 0) is 12.3 Å². The number of carbonyl (C=O) groups excluding carboxylic acids is 1. The summed E-state index contributed by atoms with van der Waals surface area (Å²) in [4.78, 5) is 24.1. The van der Waals surface area contributed by atoms with Crippen LogP contribution in [-0.4, -0.2) is 41.6 Å². The van der Waals surface area contributed by atoms with E-state index in [0.717, 1.165) is 12.8 Å². The molecule has 16 heavy (non-hydrogen) atoms. The fourth-order valence-corrected chi connectivity index (χ4v) is 1.36. The van der Waals surface area contributed by atoms with Crippen molar-refractivity contribution in [3.05, 3.63) is 0 Å². The first-order chi connectivity index (χ1) is 7.43. The summed E-state index contributed by atoms with van der Waals surface area (Å²) in [6.45, 7) is 6.31. The zero-order valence-corrected chi connectivity index (χ0v) is 10.5. The van der Waals surface area contributed by atoms with Crippen LogP contribution in [-0.2, 0) is 4.79 Å². The predicted molar refractivity (Wildman–Crippen MR) is 62.3 cm³/mol. The molecule has 2 unspecified atom stereocenters. The van der Waals surface area contributed by atoms with Crippen molar-refractivity contribution in [1.29, 1.82) is 0 Å². The number of hydrogen-bond acceptors (Lipinski definition) is 2. The van der Waals surface area contributed by atoms with Gasteiger partial charge in [0.1, 0.15) is 6.04 Å². The van der Waals surface area contributed by atoms with E-state index in [2.05, 4.69) is 5.32 Å². The third-order valence-corrected chi connectivity index (χ3v) is 2.66. The Morgan fingerprint density at radius 3 is 2.31 bits per heavy atom. The van der Waals surface area contributed by atoms with Gasteiger partial charge in [-0.1, -0.05) is 27.2 Å². The fraction of sp³-hybridized carbons (Fsp3) is 0.818. The molecule has 0 rings (SSSR count). The van der Waals surface area contributed by atoms with E-state index in [9.17, 15) is 9.59 Å². The number of carbonyl (C=O) groups is 2. The predicted octanol–water partition coefficient (Wildman–Crippen LogP) is 1.54. The Hall–Kier alpha value is -1.26. The van der Waals surface area contributed by atoms with E-state index in [-0.39, 0.29) is 11.9 Å². The van der Waals surface area contributed by atoms with Gasteiger partial charge < -0.3 is 15.3 Å². The number of hydrogen-bond donors (Lipinski definition) is 2. The summed E-state index contributed by atoms with van der Waals surface area (Å²) in [6, 6.07) is -1.13. The molecule has 5 heteroatoms. The quantitative estimate of drug-likeness (QED) is 0.727. The van der Waals surface area contributed by atoms with E-state index in [0.29, 0.717) is 6.54 Å². The van der Waals surface area contributed by atoms with Crippen LogP contribution in [0.2, 0.25) is 0 Å². The van der Waals surface area contributed by atoms with Crippen LogP contribution >= 0.6 is 0 Å². The standard InChI is InChI=1S/C11H22N2O3/c1-5-7-13(4)11(16)12-9(10(14)15)8(3)6-2/h8-9H,5-7H2,1-4H3,(H,12,16)(H,14,15). The van der Waals surface area contributed by atoms with Gasteiger partial charge in [-0.25, -0.2) is 9.59 Å². The Morgan fingerprint density at radius 1 is 1.38 bits per heavy atom. The van der Waals surface area contributed by atoms with Crippen molar-refractivity contribution in [2.75, 3.05) is 13.6 Å². The zero-order chi connectivity index (χ0) is 12.7. The first kappa shape index (κ1) is 14.7. The molecule has 0 aliphatic rings. The lowest BCUT2D eigenvalue weighted by Crippen LogP contribution is -2.49. The van der Waals surface area contributed by atoms with Crippen LogP contribution in [0.15, 0.2) is 0 Å². The second kappa shape index (κ2) is 7.09. The summed E-state index contributed by atoms with van der Waals surface area (Å²) in [5.41, 5.74) is 0. The number of nitrogens with one attached hydrogen (secondary N) is 1. The number of aliphatic carboxylic acids is 1. The Morgan fingerprint density at radius 2 is 1.94 bits per heavy atom. The number of rotatable bonds is 6. The highest BCUT2D eigenvalue weighted by Crippen LogP contribution is 2.08. The summed E-state index contributed by atoms with van der Waals surface area (Å²) in [7, 11) is 1.66. The van der Waals surface area contributed by atoms with Crippen molar-refractivity contribution in [2.45, 2.75) is 39.7 Å². The first-order valence-corrected chi connectivity index (χ1v) is 5.68. The summed E-state index contributed by atoms with van der Waals surface area (Å²) in [5, 5.41) is 11.5. The molecule has 0 fully saturated rings. The molecule has 2 N–H and O–H groups in total. The van der Waals surface area contributed by atoms with E-state index in [4.69, 9.17) is 5.11 Å². The molecule has 0 aliphatic carbocycles. The van der Waals surface area contributed by atoms with Crippen LogP contribution in [0.5, 0.6) is 0 Å². The van der Waals surface area contributed by atoms with Crippen LogP contribution in [0.4, 0.5) is 4.79 Å². The molecular formula is C11H22N2O3. The molecule has 0 saturated carbocycles. The Balaban J connectivity index is 4.40. The molecule has 0 bridgehead atoms. The molecule has 0 saturated heterocycles. The minimum atomic E-state index is -0.979. The molecule has 0 spiro atoms. The third kappa shape index (κ3) is 4.51. The lowest BCUT2D eigenvalue weighted by atomic mass is 9.99. The van der Waals surface area contributed by atoms with Crippen molar-refractivity contribution in [3.63, 3.8) is 0 Å². The Kier molecular flexibility index (Phi) is 6.53. The van der Waals surface area contributed by atoms with Crippen molar-refractivity contribution in [1.82, 2.24) is 10.2 Å². The lowest BCUT2D eigenvalue weighted by Gasteiger charge is -2.24. The molecule has 94 valence electrons. The highest BCUT2D eigenvalue weighted by atomic mass is 16.4. The number of nitrogens with zero attached hydrogens (tertiary/aromatic N) is 1. The molecule has 0 aromatic carbocycles. The topological polar surface area (TPSA) is 69.6 Å². The monoisotopic (exact) mass is 230 g/mol. The van der Waals surface area contributed by atoms with Gasteiger partial charge in [0.05, 0.1) is 0 Å². The first-order valence-electron chi connectivity index (χ1n) is 5.68. The van der Waals surface area contributed by atoms with Gasteiger partial charge in [0.2, 0.25) is 0 Å². The second-order valence-electron chi connectivity index (χ2n) is 4.07. The molecule has 2 atom stereocenters. The fourth-order valence-electron chi connectivity index (χ4n) is 1.36. The maximum Gasteiger partial charge on any atom is 0.326 e. The SMILES string of the molecule is CCCN(C)C(=O)NC(C(=O)O)C(C)CC. The maximum atomic E-state index is 11.6. The minimum absolute atomic E-state index is 0.0727. The van der Waals surface area contributed by atoms with E-state index < -0.39 is 12.0 Å². The molecule has 5 nitrogen and oxygen atoms in total. The minimum Gasteiger partial charge on any atom is -0.480 e. The lowest BCUT2D eigenvalue weighted by molar-refractivity contribution is -0.140. The van der Waals surface area contributed by atoms with E-state index in [1.807, 2.05) is 20.8 Å². The summed E-state index contributed by atoms with van der Waals surface area (Å²) >= 11 is 0. The van der Waals surface area contributed by atoms with Crippen LogP contribution in [0.3, 0.4) is 0 Å². The smallest absolute Gasteiger partial charge is 0.326 e. The van der Waals surface area contributed by atoms with E-state index in [1.165, 1.54) is 4.90 Å². The van der Waals surface area contributed by atoms with Crippen molar-refractivity contribution in [3.8, 4) is 0 Å². The highest BCUT2D eigenvalue weighted by molar-refractivity contribution is 5.82. The van der Waals surface area contributed by atoms with Crippen molar-refractivity contribution in [2.24, 2.45) is 5.92 Å². The normalized spacial score (nSPS) is 14.0. The molecule has 0 aliphatic heterocycles. The van der Waals surface area contributed by atoms with Gasteiger partial charge in [-0.15, -0.1) is 0 Å². The van der Waals surface area contributed by atoms with Crippen LogP contribution in [0, 0.1) is 5.92 Å². The molecular weight excluding hydrogens is 208 g/mol. The van der Waals surface area contributed by atoms with Gasteiger partial charge in [0.25, 0.3) is 0 Å². The van der Waals surface area contributed by atoms with Gasteiger partial charge in [-0.3, -0.25) is 0 Å². The zero-order valence-electron chi connectivity index (χ0n) is 10.5. The largest absolute Gasteiger partial charge is 0.480 e. The van der Waals surface area contributed by atoms with Crippen molar-refractivity contribution >= 4 is 12.0 Å². The molecule has 0 aromatic heterocycles. The molecule has 0 aromatic rings. The van der Waals surface area contributed by atoms with E-state index >= 15 is 0 Å². The average Bonchev–Trinajstić information content (AvgIpc) is 2.24. The van der Waals surface area contributed by atoms with Crippen LogP contribution in [0.25, 0.3) is 0 Å². The van der Waals surface area contributed by atoms with Gasteiger partial charge in [0, 0.05) is 13.6 Å². The highest BCUT2D eigenvalue weighted by Gasteiger charge is 2.26. The summed E-state index contributed by atoms with van der Waals surface area (Å²) < 4.78 is 0. The Labute approximate surface area is 96.8 Å². The van der Waals surface area contributed by atoms with Crippen LogP contribution < -0.4 is 5.32 Å². The van der Waals surface area contributed by atoms with Gasteiger partial charge >= 0.3 is 12.0 Å². The number of carboxylic acid groups (broad SMARTS) is 1. The van der Waals surface area contributed by atoms with E-state index in [1.54, 1.807) is 7.05 Å². The average molecular weight is 230 g/mol. The van der Waals surface area contributed by atoms with Gasteiger partial charge in [-0.2, -0.15) is 0 Å². The second-order valence-corrected chi connectivity index (χ2v) is 4.07. The number of urea groups is 1. The van der Waals surface area contributed by atoms with Crippen molar-refractivity contribution < 1.29 is 14.7 Å². The third-order valence-electron chi connectivity index (χ3n) is 2.66. The summed E-state index contributed by atoms with van der Waals surface area (Å²) in [5.74, 6) is -1.05. The number of carboxylic acids is 1. The molecule has 2 amide bonds. The Bertz CT molecular complexity index is 243. The van der Waals surface area contributed by atoms with Gasteiger partial charge in [0.15, 0.2) is 0 Å². The van der Waals surface area contributed by atoms with Crippen LogP contribution in [0.1, 0.15) is 33.6 Å². The number of amides is 2. The maximum absolute atomic E-state index is 11.6.